The zero-order valence-corrected chi connectivity index (χ0v) is 25.7. The Morgan fingerprint density at radius 3 is 1.83 bits per heavy atom. The third kappa shape index (κ3) is 4.16. The van der Waals surface area contributed by atoms with Crippen LogP contribution in [-0.4, -0.2) is 9.97 Å². The fraction of sp³-hybridized carbons (Fsp3) is 0. The Morgan fingerprint density at radius 1 is 0.396 bits per heavy atom. The van der Waals surface area contributed by atoms with Crippen LogP contribution in [0.1, 0.15) is 0 Å². The van der Waals surface area contributed by atoms with Crippen molar-refractivity contribution in [3.8, 4) is 44.9 Å². The van der Waals surface area contributed by atoms with Crippen LogP contribution in [0.15, 0.2) is 167 Å². The number of nitrogens with zero attached hydrogens (tertiary/aromatic N) is 2. The molecule has 0 saturated carbocycles. The van der Waals surface area contributed by atoms with Crippen LogP contribution in [0.2, 0.25) is 0 Å². The fourth-order valence-electron chi connectivity index (χ4n) is 6.95. The van der Waals surface area contributed by atoms with Gasteiger partial charge in [0.25, 0.3) is 0 Å². The van der Waals surface area contributed by atoms with Gasteiger partial charge in [0.2, 0.25) is 0 Å². The second-order valence-corrected chi connectivity index (χ2v) is 12.1. The molecule has 0 unspecified atom stereocenters. The largest absolute Gasteiger partial charge is 0.455 e. The van der Waals surface area contributed by atoms with Gasteiger partial charge in [-0.15, -0.1) is 0 Å². The highest BCUT2D eigenvalue weighted by Gasteiger charge is 2.23. The average Bonchev–Trinajstić information content (AvgIpc) is 3.74. The minimum absolute atomic E-state index is 0.642. The topological polar surface area (TPSA) is 52.1 Å². The minimum Gasteiger partial charge on any atom is -0.455 e. The van der Waals surface area contributed by atoms with Crippen molar-refractivity contribution in [1.82, 2.24) is 9.97 Å². The van der Waals surface area contributed by atoms with Gasteiger partial charge < -0.3 is 8.83 Å². The molecule has 0 fully saturated rings. The summed E-state index contributed by atoms with van der Waals surface area (Å²) < 4.78 is 13.2. The van der Waals surface area contributed by atoms with Crippen molar-refractivity contribution in [2.24, 2.45) is 0 Å². The minimum atomic E-state index is 0.642. The maximum absolute atomic E-state index is 6.68. The number of benzene rings is 7. The molecular formula is C44H26N2O2. The number of fused-ring (bicyclic) bond motifs is 7. The molecule has 10 aromatic rings. The van der Waals surface area contributed by atoms with Crippen molar-refractivity contribution in [2.75, 3.05) is 0 Å². The molecule has 0 amide bonds. The van der Waals surface area contributed by atoms with E-state index in [-0.39, 0.29) is 0 Å². The molecule has 4 heteroatoms. The molecule has 224 valence electrons. The molecule has 0 atom stereocenters. The summed E-state index contributed by atoms with van der Waals surface area (Å²) >= 11 is 0. The lowest BCUT2D eigenvalue weighted by atomic mass is 9.95. The van der Waals surface area contributed by atoms with Gasteiger partial charge in [0.15, 0.2) is 11.4 Å². The Morgan fingerprint density at radius 2 is 1.00 bits per heavy atom. The fourth-order valence-corrected chi connectivity index (χ4v) is 6.95. The number of aromatic nitrogens is 2. The Bertz CT molecular complexity index is 2830. The van der Waals surface area contributed by atoms with Crippen molar-refractivity contribution in [3.63, 3.8) is 0 Å². The molecule has 0 radical (unpaired) electrons. The van der Waals surface area contributed by atoms with Crippen molar-refractivity contribution < 1.29 is 8.83 Å². The molecule has 0 saturated heterocycles. The highest BCUT2D eigenvalue weighted by Crippen LogP contribution is 2.44. The first-order chi connectivity index (χ1) is 23.8. The molecule has 0 aliphatic heterocycles. The van der Waals surface area contributed by atoms with Crippen LogP contribution in [0.3, 0.4) is 0 Å². The summed E-state index contributed by atoms with van der Waals surface area (Å²) in [5, 5.41) is 5.38. The Labute approximate surface area is 275 Å². The number of rotatable bonds is 4. The first-order valence-corrected chi connectivity index (χ1v) is 16.1. The number of hydrogen-bond acceptors (Lipinski definition) is 4. The predicted octanol–water partition coefficient (Wildman–Crippen LogP) is 12.1. The van der Waals surface area contributed by atoms with Crippen molar-refractivity contribution in [1.29, 1.82) is 0 Å². The van der Waals surface area contributed by atoms with Gasteiger partial charge in [-0.2, -0.15) is 0 Å². The third-order valence-corrected chi connectivity index (χ3v) is 9.31. The summed E-state index contributed by atoms with van der Waals surface area (Å²) in [4.78, 5) is 10.4. The van der Waals surface area contributed by atoms with Gasteiger partial charge in [0.05, 0.1) is 0 Å². The lowest BCUT2D eigenvalue weighted by Gasteiger charge is -2.11. The maximum Gasteiger partial charge on any atom is 0.180 e. The summed E-state index contributed by atoms with van der Waals surface area (Å²) in [6, 6.07) is 54.4. The normalized spacial score (nSPS) is 11.8. The Balaban J connectivity index is 1.24. The third-order valence-electron chi connectivity index (χ3n) is 9.31. The predicted molar refractivity (Wildman–Crippen MR) is 196 cm³/mol. The lowest BCUT2D eigenvalue weighted by Crippen LogP contribution is -1.95. The summed E-state index contributed by atoms with van der Waals surface area (Å²) in [7, 11) is 0. The van der Waals surface area contributed by atoms with Gasteiger partial charge >= 0.3 is 0 Å². The summed E-state index contributed by atoms with van der Waals surface area (Å²) in [6.07, 6.45) is 0. The van der Waals surface area contributed by atoms with Crippen molar-refractivity contribution >= 4 is 54.8 Å². The van der Waals surface area contributed by atoms with Gasteiger partial charge in [-0.25, -0.2) is 9.97 Å². The lowest BCUT2D eigenvalue weighted by molar-refractivity contribution is 0.667. The van der Waals surface area contributed by atoms with Crippen LogP contribution < -0.4 is 0 Å². The highest BCUT2D eigenvalue weighted by molar-refractivity contribution is 6.19. The van der Waals surface area contributed by atoms with E-state index in [4.69, 9.17) is 18.8 Å². The van der Waals surface area contributed by atoms with Crippen LogP contribution in [0, 0.1) is 0 Å². The van der Waals surface area contributed by atoms with Gasteiger partial charge in [-0.1, -0.05) is 127 Å². The van der Waals surface area contributed by atoms with Crippen LogP contribution in [0.25, 0.3) is 99.7 Å². The molecule has 3 aromatic heterocycles. The summed E-state index contributed by atoms with van der Waals surface area (Å²) in [6.45, 7) is 0. The summed E-state index contributed by atoms with van der Waals surface area (Å²) in [5.41, 5.74) is 10.9. The monoisotopic (exact) mass is 614 g/mol. The van der Waals surface area contributed by atoms with E-state index in [9.17, 15) is 0 Å². The van der Waals surface area contributed by atoms with Gasteiger partial charge in [-0.3, -0.25) is 0 Å². The zero-order valence-electron chi connectivity index (χ0n) is 25.7. The van der Waals surface area contributed by atoms with E-state index in [1.807, 2.05) is 36.4 Å². The molecule has 48 heavy (non-hydrogen) atoms. The molecule has 0 aliphatic carbocycles. The zero-order chi connectivity index (χ0) is 31.6. The van der Waals surface area contributed by atoms with Crippen LogP contribution >= 0.6 is 0 Å². The van der Waals surface area contributed by atoms with Gasteiger partial charge in [0, 0.05) is 32.8 Å². The second kappa shape index (κ2) is 10.5. The van der Waals surface area contributed by atoms with E-state index in [0.29, 0.717) is 11.4 Å². The maximum atomic E-state index is 6.68. The first-order valence-electron chi connectivity index (χ1n) is 16.1. The molecule has 4 nitrogen and oxygen atoms in total. The van der Waals surface area contributed by atoms with Crippen molar-refractivity contribution in [3.05, 3.63) is 158 Å². The SMILES string of the molecule is c1ccc(-c2ccc(-c3nc(-c4ccc(-c5ccc6ccccc6c5)c5oc6ccccc6c45)c4oc5ccccc5c4n3)cc2)cc1. The highest BCUT2D eigenvalue weighted by atomic mass is 16.3. The van der Waals surface area contributed by atoms with E-state index in [1.165, 1.54) is 16.3 Å². The molecule has 0 aliphatic rings. The number of furan rings is 2. The van der Waals surface area contributed by atoms with E-state index < -0.39 is 0 Å². The molecule has 3 heterocycles. The van der Waals surface area contributed by atoms with E-state index in [0.717, 1.165) is 71.9 Å². The second-order valence-electron chi connectivity index (χ2n) is 12.1. The molecule has 10 rings (SSSR count). The van der Waals surface area contributed by atoms with Crippen LogP contribution in [0.5, 0.6) is 0 Å². The van der Waals surface area contributed by atoms with Crippen LogP contribution in [0.4, 0.5) is 0 Å². The Kier molecular flexibility index (Phi) is 5.84. The quantitative estimate of drug-likeness (QED) is 0.198. The number of para-hydroxylation sites is 2. The number of hydrogen-bond donors (Lipinski definition) is 0. The smallest absolute Gasteiger partial charge is 0.180 e. The molecule has 0 N–H and O–H groups in total. The van der Waals surface area contributed by atoms with Crippen LogP contribution in [-0.2, 0) is 0 Å². The molecular weight excluding hydrogens is 588 g/mol. The average molecular weight is 615 g/mol. The van der Waals surface area contributed by atoms with Gasteiger partial charge in [-0.05, 0) is 57.8 Å². The van der Waals surface area contributed by atoms with Gasteiger partial charge in [0.1, 0.15) is 28.0 Å². The standard InChI is InChI=1S/C44H26N2O2/c1-2-10-27(11-3-1)29-18-21-30(22-19-29)44-45-40-35-15-7-9-17-38(35)48-43(40)41(46-44)36-25-24-33(32-23-20-28-12-4-5-13-31(28)26-32)42-39(36)34-14-6-8-16-37(34)47-42/h1-26H. The van der Waals surface area contributed by atoms with E-state index >= 15 is 0 Å². The molecule has 7 aromatic carbocycles. The van der Waals surface area contributed by atoms with Crippen molar-refractivity contribution in [2.45, 2.75) is 0 Å². The Hall–Kier alpha value is -6.52. The molecule has 0 bridgehead atoms. The molecule has 0 spiro atoms. The van der Waals surface area contributed by atoms with E-state index in [2.05, 4.69) is 121 Å². The summed E-state index contributed by atoms with van der Waals surface area (Å²) in [5.74, 6) is 0.642. The first kappa shape index (κ1) is 26.7. The van der Waals surface area contributed by atoms with E-state index in [1.54, 1.807) is 0 Å².